The Morgan fingerprint density at radius 2 is 2.19 bits per heavy atom. The first-order valence-corrected chi connectivity index (χ1v) is 7.82. The van der Waals surface area contributed by atoms with Gasteiger partial charge in [-0.1, -0.05) is 20.8 Å². The Balaban J connectivity index is 2.08. The lowest BCUT2D eigenvalue weighted by molar-refractivity contribution is 0.179. The molecule has 2 aromatic rings. The predicted molar refractivity (Wildman–Crippen MR) is 84.2 cm³/mol. The lowest BCUT2D eigenvalue weighted by Crippen LogP contribution is -2.36. The Kier molecular flexibility index (Phi) is 3.80. The van der Waals surface area contributed by atoms with Crippen molar-refractivity contribution < 1.29 is 0 Å². The van der Waals surface area contributed by atoms with Gasteiger partial charge in [0, 0.05) is 6.54 Å². The molecule has 1 aliphatic rings. The normalized spacial score (nSPS) is 20.5. The summed E-state index contributed by atoms with van der Waals surface area (Å²) in [6.45, 7) is 9.79. The highest BCUT2D eigenvalue weighted by molar-refractivity contribution is 5.88. The molecule has 3 heterocycles. The van der Waals surface area contributed by atoms with Crippen molar-refractivity contribution >= 4 is 16.9 Å². The number of hydrogen-bond acceptors (Lipinski definition) is 5. The number of likely N-dealkylation sites (tertiary alicyclic amines) is 1. The Morgan fingerprint density at radius 3 is 2.90 bits per heavy atom. The summed E-state index contributed by atoms with van der Waals surface area (Å²) in [6, 6.07) is 0.378. The molecule has 0 bridgehead atoms. The molecule has 114 valence electrons. The van der Waals surface area contributed by atoms with E-state index in [0.717, 1.165) is 36.2 Å². The van der Waals surface area contributed by atoms with Crippen LogP contribution in [0.4, 0.5) is 5.82 Å². The minimum Gasteiger partial charge on any atom is -0.383 e. The van der Waals surface area contributed by atoms with Gasteiger partial charge in [-0.3, -0.25) is 0 Å². The third kappa shape index (κ3) is 2.48. The van der Waals surface area contributed by atoms with Gasteiger partial charge in [0.25, 0.3) is 0 Å². The van der Waals surface area contributed by atoms with Gasteiger partial charge in [0.05, 0.1) is 17.1 Å². The van der Waals surface area contributed by atoms with Crippen LogP contribution in [0.2, 0.25) is 0 Å². The molecule has 0 aliphatic carbocycles. The van der Waals surface area contributed by atoms with Crippen molar-refractivity contribution in [1.82, 2.24) is 24.6 Å². The molecule has 2 N–H and O–H groups in total. The van der Waals surface area contributed by atoms with Crippen molar-refractivity contribution in [3.63, 3.8) is 0 Å². The molecule has 6 nitrogen and oxygen atoms in total. The number of hydrogen-bond donors (Lipinski definition) is 1. The molecule has 0 radical (unpaired) electrons. The molecule has 1 aliphatic heterocycles. The molecule has 3 rings (SSSR count). The van der Waals surface area contributed by atoms with E-state index in [1.165, 1.54) is 13.0 Å². The molecular weight excluding hydrogens is 264 g/mol. The number of nitrogens with two attached hydrogens (primary N) is 1. The lowest BCUT2D eigenvalue weighted by atomic mass is 10.1. The Labute approximate surface area is 125 Å². The van der Waals surface area contributed by atoms with Crippen LogP contribution < -0.4 is 5.73 Å². The minimum absolute atomic E-state index is 0.313. The molecule has 1 saturated heterocycles. The number of aromatic nitrogens is 4. The fourth-order valence-electron chi connectivity index (χ4n) is 3.20. The summed E-state index contributed by atoms with van der Waals surface area (Å²) in [6.07, 6.45) is 3.90. The largest absolute Gasteiger partial charge is 0.383 e. The molecule has 1 unspecified atom stereocenters. The van der Waals surface area contributed by atoms with Gasteiger partial charge >= 0.3 is 0 Å². The van der Waals surface area contributed by atoms with Gasteiger partial charge < -0.3 is 10.6 Å². The predicted octanol–water partition coefficient (Wildman–Crippen LogP) is 2.19. The van der Waals surface area contributed by atoms with Crippen LogP contribution in [-0.4, -0.2) is 44.3 Å². The molecule has 1 atom stereocenters. The zero-order chi connectivity index (χ0) is 15.0. The van der Waals surface area contributed by atoms with E-state index < -0.39 is 0 Å². The number of rotatable bonds is 3. The Morgan fingerprint density at radius 1 is 1.38 bits per heavy atom. The van der Waals surface area contributed by atoms with Crippen molar-refractivity contribution in [2.45, 2.75) is 45.6 Å². The molecule has 0 aromatic carbocycles. The first-order valence-electron chi connectivity index (χ1n) is 7.82. The third-order valence-corrected chi connectivity index (χ3v) is 4.37. The Bertz CT molecular complexity index is 632. The first-order chi connectivity index (χ1) is 10.1. The highest BCUT2D eigenvalue weighted by atomic mass is 15.3. The van der Waals surface area contributed by atoms with E-state index >= 15 is 0 Å². The van der Waals surface area contributed by atoms with E-state index in [9.17, 15) is 0 Å². The molecule has 0 amide bonds. The number of fused-ring (bicyclic) bond motifs is 1. The Hall–Kier alpha value is -1.69. The fourth-order valence-corrected chi connectivity index (χ4v) is 3.20. The van der Waals surface area contributed by atoms with E-state index in [-0.39, 0.29) is 0 Å². The molecule has 2 aromatic heterocycles. The summed E-state index contributed by atoms with van der Waals surface area (Å²) in [5, 5.41) is 5.78. The van der Waals surface area contributed by atoms with Gasteiger partial charge in [0.1, 0.15) is 12.1 Å². The second-order valence-corrected chi connectivity index (χ2v) is 6.13. The van der Waals surface area contributed by atoms with E-state index in [2.05, 4.69) is 40.3 Å². The third-order valence-electron chi connectivity index (χ3n) is 4.37. The summed E-state index contributed by atoms with van der Waals surface area (Å²) in [5.41, 5.74) is 7.97. The number of likely N-dealkylation sites (N-methyl/N-ethyl adjacent to an activating group) is 1. The smallest absolute Gasteiger partial charge is 0.163 e. The van der Waals surface area contributed by atoms with Gasteiger partial charge in [-0.25, -0.2) is 14.6 Å². The van der Waals surface area contributed by atoms with Crippen LogP contribution in [0, 0.1) is 0 Å². The van der Waals surface area contributed by atoms with E-state index in [1.807, 2.05) is 0 Å². The molecule has 0 saturated carbocycles. The summed E-state index contributed by atoms with van der Waals surface area (Å²) in [5.74, 6) is 0.853. The first kappa shape index (κ1) is 14.3. The zero-order valence-electron chi connectivity index (χ0n) is 13.1. The van der Waals surface area contributed by atoms with Crippen molar-refractivity contribution in [3.05, 3.63) is 12.0 Å². The highest BCUT2D eigenvalue weighted by Gasteiger charge is 2.26. The van der Waals surface area contributed by atoms with Crippen LogP contribution in [0.15, 0.2) is 6.33 Å². The van der Waals surface area contributed by atoms with Crippen LogP contribution >= 0.6 is 0 Å². The van der Waals surface area contributed by atoms with Crippen molar-refractivity contribution in [3.8, 4) is 0 Å². The van der Waals surface area contributed by atoms with Crippen LogP contribution in [0.5, 0.6) is 0 Å². The number of piperidine rings is 1. The maximum Gasteiger partial charge on any atom is 0.163 e. The standard InChI is InChI=1S/C15H24N6/c1-4-20-7-5-6-11(8-20)21-15-12(13(19-21)10(2)3)14(16)17-9-18-15/h9-11H,4-8H2,1-3H3,(H2,16,17,18). The number of nitrogen functional groups attached to an aromatic ring is 1. The summed E-state index contributed by atoms with van der Waals surface area (Å²) in [7, 11) is 0. The van der Waals surface area contributed by atoms with Gasteiger partial charge in [0.15, 0.2) is 5.65 Å². The number of anilines is 1. The van der Waals surface area contributed by atoms with Gasteiger partial charge in [-0.05, 0) is 31.8 Å². The maximum absolute atomic E-state index is 6.08. The van der Waals surface area contributed by atoms with Crippen molar-refractivity contribution in [2.24, 2.45) is 0 Å². The van der Waals surface area contributed by atoms with Gasteiger partial charge in [-0.15, -0.1) is 0 Å². The van der Waals surface area contributed by atoms with Crippen LogP contribution in [0.3, 0.4) is 0 Å². The fraction of sp³-hybridized carbons (Fsp3) is 0.667. The minimum atomic E-state index is 0.313. The van der Waals surface area contributed by atoms with Crippen LogP contribution in [0.1, 0.15) is 51.3 Å². The topological polar surface area (TPSA) is 72.9 Å². The van der Waals surface area contributed by atoms with E-state index in [4.69, 9.17) is 10.8 Å². The summed E-state index contributed by atoms with van der Waals surface area (Å²) >= 11 is 0. The average molecular weight is 288 g/mol. The average Bonchev–Trinajstić information content (AvgIpc) is 2.88. The molecule has 0 spiro atoms. The molecule has 21 heavy (non-hydrogen) atoms. The van der Waals surface area contributed by atoms with Gasteiger partial charge in [0.2, 0.25) is 0 Å². The number of nitrogens with zero attached hydrogens (tertiary/aromatic N) is 5. The lowest BCUT2D eigenvalue weighted by Gasteiger charge is -2.32. The molecule has 6 heteroatoms. The molecular formula is C15H24N6. The summed E-state index contributed by atoms with van der Waals surface area (Å²) in [4.78, 5) is 11.1. The van der Waals surface area contributed by atoms with Crippen molar-refractivity contribution in [1.29, 1.82) is 0 Å². The van der Waals surface area contributed by atoms with E-state index in [1.54, 1.807) is 6.33 Å². The second kappa shape index (κ2) is 5.60. The highest BCUT2D eigenvalue weighted by Crippen LogP contribution is 2.31. The second-order valence-electron chi connectivity index (χ2n) is 6.13. The van der Waals surface area contributed by atoms with E-state index in [0.29, 0.717) is 17.8 Å². The van der Waals surface area contributed by atoms with Crippen molar-refractivity contribution in [2.75, 3.05) is 25.4 Å². The quantitative estimate of drug-likeness (QED) is 0.937. The molecule has 1 fully saturated rings. The monoisotopic (exact) mass is 288 g/mol. The maximum atomic E-state index is 6.08. The van der Waals surface area contributed by atoms with Crippen LogP contribution in [-0.2, 0) is 0 Å². The van der Waals surface area contributed by atoms with Crippen LogP contribution in [0.25, 0.3) is 11.0 Å². The summed E-state index contributed by atoms with van der Waals surface area (Å²) < 4.78 is 2.09. The SMILES string of the molecule is CCN1CCCC(n2nc(C(C)C)c3c(N)ncnc32)C1. The zero-order valence-corrected chi connectivity index (χ0v) is 13.1. The van der Waals surface area contributed by atoms with Gasteiger partial charge in [-0.2, -0.15) is 5.10 Å².